The molecule has 1 atom stereocenters. The number of amides is 3. The summed E-state index contributed by atoms with van der Waals surface area (Å²) in [6.45, 7) is 2.14. The fraction of sp³-hybridized carbons (Fsp3) is 0.167. The van der Waals surface area contributed by atoms with Crippen LogP contribution >= 0.6 is 22.9 Å². The van der Waals surface area contributed by atoms with Crippen LogP contribution < -0.4 is 16.8 Å². The van der Waals surface area contributed by atoms with E-state index in [2.05, 4.69) is 9.69 Å². The number of rotatable bonds is 9. The number of anilines is 1. The van der Waals surface area contributed by atoms with Crippen molar-refractivity contribution >= 4 is 46.3 Å². The number of nitrogens with two attached hydrogens (primary N) is 2. The molecule has 3 aromatic heterocycles. The largest absolute Gasteiger partial charge is 0.464 e. The van der Waals surface area contributed by atoms with Gasteiger partial charge in [-0.15, -0.1) is 11.3 Å². The smallest absolute Gasteiger partial charge is 0.270 e. The van der Waals surface area contributed by atoms with Gasteiger partial charge in [-0.2, -0.15) is 4.37 Å². The molecule has 35 heavy (non-hydrogen) atoms. The van der Waals surface area contributed by atoms with E-state index < -0.39 is 23.8 Å². The number of nitrogens with one attached hydrogen (secondary N) is 1. The fourth-order valence-electron chi connectivity index (χ4n) is 3.52. The molecule has 3 amide bonds. The lowest BCUT2D eigenvalue weighted by atomic mass is 10.1. The summed E-state index contributed by atoms with van der Waals surface area (Å²) in [5, 5.41) is 4.78. The number of furan rings is 1. The molecule has 0 unspecified atom stereocenters. The highest BCUT2D eigenvalue weighted by molar-refractivity contribution is 7.10. The van der Waals surface area contributed by atoms with Crippen molar-refractivity contribution in [2.24, 2.45) is 5.73 Å². The molecule has 0 aliphatic carbocycles. The maximum Gasteiger partial charge on any atom is 0.270 e. The molecule has 5 N–H and O–H groups in total. The first kappa shape index (κ1) is 24.2. The summed E-state index contributed by atoms with van der Waals surface area (Å²) in [5.41, 5.74) is 12.0. The minimum atomic E-state index is -1.10. The van der Waals surface area contributed by atoms with Crippen molar-refractivity contribution < 1.29 is 18.8 Å². The van der Waals surface area contributed by atoms with Gasteiger partial charge in [0.15, 0.2) is 11.7 Å². The van der Waals surface area contributed by atoms with Crippen LogP contribution in [-0.2, 0) is 17.9 Å². The Balaban J connectivity index is 1.73. The van der Waals surface area contributed by atoms with Crippen LogP contribution in [0.4, 0.5) is 5.69 Å². The van der Waals surface area contributed by atoms with Crippen molar-refractivity contribution in [2.75, 3.05) is 5.73 Å². The number of nitrogens with zero attached hydrogens (tertiary/aromatic N) is 2. The predicted molar refractivity (Wildman–Crippen MR) is 134 cm³/mol. The second-order valence-electron chi connectivity index (χ2n) is 7.71. The molecule has 0 aliphatic heterocycles. The van der Waals surface area contributed by atoms with Crippen molar-refractivity contribution in [3.63, 3.8) is 0 Å². The number of nitrogen functional groups attached to an aromatic ring is 1. The number of benzene rings is 1. The first-order valence-electron chi connectivity index (χ1n) is 10.6. The number of carbonyl (C=O) groups is 3. The molecule has 11 heteroatoms. The van der Waals surface area contributed by atoms with E-state index in [9.17, 15) is 14.4 Å². The Bertz CT molecular complexity index is 1330. The quantitative estimate of drug-likeness (QED) is 0.315. The van der Waals surface area contributed by atoms with Crippen molar-refractivity contribution in [3.8, 4) is 0 Å². The van der Waals surface area contributed by atoms with Crippen molar-refractivity contribution in [3.05, 3.63) is 92.5 Å². The zero-order valence-electron chi connectivity index (χ0n) is 18.8. The molecule has 180 valence electrons. The van der Waals surface area contributed by atoms with E-state index in [0.29, 0.717) is 11.5 Å². The highest BCUT2D eigenvalue weighted by Gasteiger charge is 2.36. The van der Waals surface area contributed by atoms with E-state index in [4.69, 9.17) is 15.9 Å². The van der Waals surface area contributed by atoms with E-state index in [0.717, 1.165) is 22.0 Å². The summed E-state index contributed by atoms with van der Waals surface area (Å²) in [6.07, 6.45) is 0. The molecule has 1 aromatic carbocycles. The topological polar surface area (TPSA) is 145 Å². The van der Waals surface area contributed by atoms with Gasteiger partial charge in [0.1, 0.15) is 16.4 Å². The minimum absolute atomic E-state index is 0.0273. The van der Waals surface area contributed by atoms with Crippen LogP contribution in [-0.4, -0.2) is 27.0 Å². The summed E-state index contributed by atoms with van der Waals surface area (Å²) < 4.78 is 9.76. The van der Waals surface area contributed by atoms with Crippen LogP contribution in [0.25, 0.3) is 0 Å². The summed E-state index contributed by atoms with van der Waals surface area (Å²) in [4.78, 5) is 41.2. The summed E-state index contributed by atoms with van der Waals surface area (Å²) >= 11 is 2.21. The summed E-state index contributed by atoms with van der Waals surface area (Å²) in [6, 6.07) is 15.5. The van der Waals surface area contributed by atoms with Crippen LogP contribution in [0.5, 0.6) is 0 Å². The van der Waals surface area contributed by atoms with Gasteiger partial charge in [-0.3, -0.25) is 14.4 Å². The van der Waals surface area contributed by atoms with Gasteiger partial charge >= 0.3 is 0 Å². The standard InChI is InChI=1S/C24H23N5O4S2/c1-14-9-10-17(33-14)20(23(31)27-12-15-6-3-2-4-7-15)29(13-16-8-5-11-34-16)24(32)21-18(25)19(22(26)30)28-35-21/h2-11,20H,12-13,25H2,1H3,(H2,26,30)(H,27,31)/t20-/m0/s1. The molecule has 0 spiro atoms. The predicted octanol–water partition coefficient (Wildman–Crippen LogP) is 3.49. The molecule has 0 aliphatic rings. The highest BCUT2D eigenvalue weighted by atomic mass is 32.1. The third-order valence-corrected chi connectivity index (χ3v) is 6.94. The minimum Gasteiger partial charge on any atom is -0.464 e. The Labute approximate surface area is 209 Å². The SMILES string of the molecule is Cc1ccc([C@@H](C(=O)NCc2ccccc2)N(Cc2cccs2)C(=O)c2snc(C(N)=O)c2N)o1. The third-order valence-electron chi connectivity index (χ3n) is 5.22. The van der Waals surface area contributed by atoms with Crippen LogP contribution in [0.3, 0.4) is 0 Å². The fourth-order valence-corrected chi connectivity index (χ4v) is 4.98. The molecule has 0 fully saturated rings. The van der Waals surface area contributed by atoms with Gasteiger partial charge in [-0.1, -0.05) is 36.4 Å². The monoisotopic (exact) mass is 509 g/mol. The molecular weight excluding hydrogens is 486 g/mol. The molecule has 0 radical (unpaired) electrons. The van der Waals surface area contributed by atoms with Gasteiger partial charge in [0.25, 0.3) is 17.7 Å². The molecule has 0 bridgehead atoms. The number of hydrogen-bond donors (Lipinski definition) is 3. The van der Waals surface area contributed by atoms with Gasteiger partial charge in [-0.25, -0.2) is 0 Å². The summed E-state index contributed by atoms with van der Waals surface area (Å²) in [5.74, 6) is -0.920. The Morgan fingerprint density at radius 3 is 2.49 bits per heavy atom. The number of primary amides is 1. The van der Waals surface area contributed by atoms with Crippen LogP contribution in [0, 0.1) is 6.92 Å². The number of thiophene rings is 1. The maximum absolute atomic E-state index is 13.8. The molecular formula is C24H23N5O4S2. The number of aryl methyl sites for hydroxylation is 1. The van der Waals surface area contributed by atoms with E-state index in [-0.39, 0.29) is 29.3 Å². The Morgan fingerprint density at radius 1 is 1.11 bits per heavy atom. The van der Waals surface area contributed by atoms with E-state index in [1.54, 1.807) is 19.1 Å². The summed E-state index contributed by atoms with van der Waals surface area (Å²) in [7, 11) is 0. The van der Waals surface area contributed by atoms with Crippen LogP contribution in [0.1, 0.15) is 48.2 Å². The molecule has 9 nitrogen and oxygen atoms in total. The molecule has 3 heterocycles. The van der Waals surface area contributed by atoms with Crippen LogP contribution in [0.15, 0.2) is 64.4 Å². The lowest BCUT2D eigenvalue weighted by Crippen LogP contribution is -2.43. The van der Waals surface area contributed by atoms with Gasteiger partial charge in [-0.05, 0) is 47.6 Å². The number of hydrogen-bond acceptors (Lipinski definition) is 8. The Morgan fingerprint density at radius 2 is 1.89 bits per heavy atom. The molecule has 0 saturated heterocycles. The average Bonchev–Trinajstić information content (AvgIpc) is 3.59. The average molecular weight is 510 g/mol. The lowest BCUT2D eigenvalue weighted by molar-refractivity contribution is -0.126. The van der Waals surface area contributed by atoms with Crippen LogP contribution in [0.2, 0.25) is 0 Å². The second-order valence-corrected chi connectivity index (χ2v) is 9.51. The first-order chi connectivity index (χ1) is 16.8. The van der Waals surface area contributed by atoms with Crippen molar-refractivity contribution in [2.45, 2.75) is 26.1 Å². The second kappa shape index (κ2) is 10.5. The van der Waals surface area contributed by atoms with Crippen molar-refractivity contribution in [1.82, 2.24) is 14.6 Å². The Kier molecular flexibility index (Phi) is 7.28. The van der Waals surface area contributed by atoms with E-state index in [1.165, 1.54) is 16.2 Å². The van der Waals surface area contributed by atoms with E-state index in [1.807, 2.05) is 47.8 Å². The van der Waals surface area contributed by atoms with E-state index >= 15 is 0 Å². The molecule has 0 saturated carbocycles. The van der Waals surface area contributed by atoms with Crippen molar-refractivity contribution in [1.29, 1.82) is 0 Å². The molecule has 4 aromatic rings. The normalized spacial score (nSPS) is 11.7. The van der Waals surface area contributed by atoms with Gasteiger partial charge in [0, 0.05) is 11.4 Å². The lowest BCUT2D eigenvalue weighted by Gasteiger charge is -2.29. The number of carbonyl (C=O) groups excluding carboxylic acids is 3. The Hall–Kier alpha value is -3.96. The zero-order chi connectivity index (χ0) is 24.9. The molecule has 4 rings (SSSR count). The van der Waals surface area contributed by atoms with Gasteiger partial charge < -0.3 is 26.1 Å². The third kappa shape index (κ3) is 5.42. The van der Waals surface area contributed by atoms with Gasteiger partial charge in [0.05, 0.1) is 12.2 Å². The van der Waals surface area contributed by atoms with Gasteiger partial charge in [0.2, 0.25) is 0 Å². The number of aromatic nitrogens is 1. The zero-order valence-corrected chi connectivity index (χ0v) is 20.4. The maximum atomic E-state index is 13.8. The first-order valence-corrected chi connectivity index (χ1v) is 12.3. The highest BCUT2D eigenvalue weighted by Crippen LogP contribution is 2.31.